The molecular formula is C10H10N4O2. The molecule has 0 fully saturated rings. The van der Waals surface area contributed by atoms with Crippen molar-refractivity contribution < 1.29 is 4.92 Å². The lowest BCUT2D eigenvalue weighted by atomic mass is 10.1. The Morgan fingerprint density at radius 1 is 1.50 bits per heavy atom. The number of H-pyrrole nitrogens is 1. The van der Waals surface area contributed by atoms with Gasteiger partial charge in [-0.15, -0.1) is 0 Å². The minimum atomic E-state index is -0.412. The molecule has 0 saturated heterocycles. The molecule has 16 heavy (non-hydrogen) atoms. The Balaban J connectivity index is 2.70. The molecule has 2 aromatic rings. The van der Waals surface area contributed by atoms with Crippen LogP contribution in [0.2, 0.25) is 0 Å². The number of nitrogen functional groups attached to an aromatic ring is 1. The number of hydrogen-bond acceptors (Lipinski definition) is 4. The molecule has 0 atom stereocenters. The summed E-state index contributed by atoms with van der Waals surface area (Å²) in [6.45, 7) is 1.69. The van der Waals surface area contributed by atoms with Crippen molar-refractivity contribution >= 4 is 11.4 Å². The summed E-state index contributed by atoms with van der Waals surface area (Å²) in [6.07, 6.45) is 1.43. The molecule has 1 heterocycles. The van der Waals surface area contributed by atoms with Crippen molar-refractivity contribution in [2.75, 3.05) is 5.73 Å². The molecular weight excluding hydrogens is 208 g/mol. The van der Waals surface area contributed by atoms with E-state index in [0.717, 1.165) is 0 Å². The van der Waals surface area contributed by atoms with Crippen LogP contribution in [0.1, 0.15) is 5.56 Å². The Morgan fingerprint density at radius 3 is 2.81 bits per heavy atom. The molecule has 0 amide bonds. The zero-order chi connectivity index (χ0) is 11.7. The van der Waals surface area contributed by atoms with Crippen molar-refractivity contribution in [2.24, 2.45) is 0 Å². The van der Waals surface area contributed by atoms with Gasteiger partial charge in [0.15, 0.2) is 0 Å². The Hall–Kier alpha value is -2.37. The van der Waals surface area contributed by atoms with E-state index in [1.807, 2.05) is 0 Å². The molecule has 0 unspecified atom stereocenters. The van der Waals surface area contributed by atoms with E-state index in [1.165, 1.54) is 6.20 Å². The first-order valence-corrected chi connectivity index (χ1v) is 4.64. The van der Waals surface area contributed by atoms with Crippen molar-refractivity contribution in [3.63, 3.8) is 0 Å². The molecule has 0 saturated carbocycles. The molecule has 2 rings (SSSR count). The number of nitro groups is 1. The number of nitro benzene ring substituents is 1. The summed E-state index contributed by atoms with van der Waals surface area (Å²) in [5.41, 5.74) is 7.66. The van der Waals surface area contributed by atoms with Gasteiger partial charge in [0.2, 0.25) is 0 Å². The zero-order valence-corrected chi connectivity index (χ0v) is 8.60. The standard InChI is InChI=1S/C10H10N4O2/c1-6-3-2-4-7(10(6)14(15)16)9-8(11)5-12-13-9/h2-5H,11H2,1H3,(H,12,13). The number of aromatic amines is 1. The van der Waals surface area contributed by atoms with Gasteiger partial charge in [-0.1, -0.05) is 12.1 Å². The molecule has 0 aliphatic rings. The monoisotopic (exact) mass is 218 g/mol. The minimum absolute atomic E-state index is 0.0541. The van der Waals surface area contributed by atoms with Gasteiger partial charge in [-0.25, -0.2) is 0 Å². The average Bonchev–Trinajstić information content (AvgIpc) is 2.63. The van der Waals surface area contributed by atoms with E-state index in [-0.39, 0.29) is 5.69 Å². The van der Waals surface area contributed by atoms with E-state index in [2.05, 4.69) is 10.2 Å². The molecule has 0 spiro atoms. The van der Waals surface area contributed by atoms with Gasteiger partial charge in [0.05, 0.1) is 28.1 Å². The summed E-state index contributed by atoms with van der Waals surface area (Å²) in [5.74, 6) is 0. The van der Waals surface area contributed by atoms with Crippen molar-refractivity contribution in [3.05, 3.63) is 40.1 Å². The quantitative estimate of drug-likeness (QED) is 0.593. The maximum absolute atomic E-state index is 11.0. The lowest BCUT2D eigenvalue weighted by Crippen LogP contribution is -1.96. The van der Waals surface area contributed by atoms with Gasteiger partial charge in [0, 0.05) is 5.56 Å². The number of aryl methyl sites for hydroxylation is 1. The lowest BCUT2D eigenvalue weighted by molar-refractivity contribution is -0.384. The largest absolute Gasteiger partial charge is 0.396 e. The number of aromatic nitrogens is 2. The molecule has 6 nitrogen and oxygen atoms in total. The van der Waals surface area contributed by atoms with Gasteiger partial charge in [-0.2, -0.15) is 5.10 Å². The van der Waals surface area contributed by atoms with E-state index < -0.39 is 4.92 Å². The molecule has 0 radical (unpaired) electrons. The topological polar surface area (TPSA) is 97.8 Å². The fourth-order valence-electron chi connectivity index (χ4n) is 1.61. The highest BCUT2D eigenvalue weighted by Crippen LogP contribution is 2.33. The van der Waals surface area contributed by atoms with Crippen LogP contribution < -0.4 is 5.73 Å². The first-order valence-electron chi connectivity index (χ1n) is 4.64. The molecule has 0 aliphatic heterocycles. The number of nitrogens with two attached hydrogens (primary N) is 1. The van der Waals surface area contributed by atoms with Crippen LogP contribution in [0.4, 0.5) is 11.4 Å². The smallest absolute Gasteiger partial charge is 0.281 e. The minimum Gasteiger partial charge on any atom is -0.396 e. The number of nitrogens with one attached hydrogen (secondary N) is 1. The summed E-state index contributed by atoms with van der Waals surface area (Å²) >= 11 is 0. The molecule has 3 N–H and O–H groups in total. The highest BCUT2D eigenvalue weighted by molar-refractivity contribution is 5.80. The predicted octanol–water partition coefficient (Wildman–Crippen LogP) is 1.88. The molecule has 6 heteroatoms. The summed E-state index contributed by atoms with van der Waals surface area (Å²) in [7, 11) is 0. The Morgan fingerprint density at radius 2 is 2.25 bits per heavy atom. The third kappa shape index (κ3) is 1.50. The number of hydrogen-bond donors (Lipinski definition) is 2. The van der Waals surface area contributed by atoms with Crippen molar-refractivity contribution in [2.45, 2.75) is 6.92 Å². The second-order valence-electron chi connectivity index (χ2n) is 3.43. The maximum Gasteiger partial charge on any atom is 0.281 e. The highest BCUT2D eigenvalue weighted by Gasteiger charge is 2.20. The van der Waals surface area contributed by atoms with Crippen LogP contribution in [0, 0.1) is 17.0 Å². The van der Waals surface area contributed by atoms with Crippen molar-refractivity contribution in [3.8, 4) is 11.3 Å². The molecule has 1 aromatic heterocycles. The number of rotatable bonds is 2. The number of benzene rings is 1. The van der Waals surface area contributed by atoms with Gasteiger partial charge in [-0.05, 0) is 13.0 Å². The van der Waals surface area contributed by atoms with Crippen LogP contribution in [0.3, 0.4) is 0 Å². The molecule has 0 aliphatic carbocycles. The van der Waals surface area contributed by atoms with E-state index >= 15 is 0 Å². The number of para-hydroxylation sites is 1. The predicted molar refractivity (Wildman–Crippen MR) is 59.8 cm³/mol. The Bertz CT molecular complexity index is 548. The normalized spacial score (nSPS) is 10.3. The summed E-state index contributed by atoms with van der Waals surface area (Å²) < 4.78 is 0. The SMILES string of the molecule is Cc1cccc(-c2[nH]ncc2N)c1[N+](=O)[O-]. The van der Waals surface area contributed by atoms with E-state index in [9.17, 15) is 10.1 Å². The first kappa shape index (κ1) is 10.2. The first-order chi connectivity index (χ1) is 7.61. The lowest BCUT2D eigenvalue weighted by Gasteiger charge is -2.03. The molecule has 1 aromatic carbocycles. The van der Waals surface area contributed by atoms with Crippen LogP contribution in [0.15, 0.2) is 24.4 Å². The van der Waals surface area contributed by atoms with Gasteiger partial charge in [-0.3, -0.25) is 15.2 Å². The van der Waals surface area contributed by atoms with Crippen LogP contribution in [-0.4, -0.2) is 15.1 Å². The van der Waals surface area contributed by atoms with E-state index in [1.54, 1.807) is 25.1 Å². The second-order valence-corrected chi connectivity index (χ2v) is 3.43. The van der Waals surface area contributed by atoms with Crippen LogP contribution in [0.5, 0.6) is 0 Å². The summed E-state index contributed by atoms with van der Waals surface area (Å²) in [5, 5.41) is 17.4. The summed E-state index contributed by atoms with van der Waals surface area (Å²) in [6, 6.07) is 5.08. The molecule has 82 valence electrons. The number of nitrogens with zero attached hydrogens (tertiary/aromatic N) is 2. The van der Waals surface area contributed by atoms with E-state index in [0.29, 0.717) is 22.5 Å². The molecule has 0 bridgehead atoms. The average molecular weight is 218 g/mol. The second kappa shape index (κ2) is 3.65. The third-order valence-electron chi connectivity index (χ3n) is 2.36. The maximum atomic E-state index is 11.0. The van der Waals surface area contributed by atoms with Crippen molar-refractivity contribution in [1.29, 1.82) is 0 Å². The highest BCUT2D eigenvalue weighted by atomic mass is 16.6. The fraction of sp³-hybridized carbons (Fsp3) is 0.100. The van der Waals surface area contributed by atoms with E-state index in [4.69, 9.17) is 5.73 Å². The van der Waals surface area contributed by atoms with Crippen LogP contribution in [-0.2, 0) is 0 Å². The fourth-order valence-corrected chi connectivity index (χ4v) is 1.61. The summed E-state index contributed by atoms with van der Waals surface area (Å²) in [4.78, 5) is 10.6. The van der Waals surface area contributed by atoms with Crippen LogP contribution >= 0.6 is 0 Å². The van der Waals surface area contributed by atoms with Gasteiger partial charge >= 0.3 is 0 Å². The van der Waals surface area contributed by atoms with Gasteiger partial charge < -0.3 is 5.73 Å². The Kier molecular flexibility index (Phi) is 2.32. The zero-order valence-electron chi connectivity index (χ0n) is 8.60. The van der Waals surface area contributed by atoms with Gasteiger partial charge in [0.25, 0.3) is 5.69 Å². The Labute approximate surface area is 91.2 Å². The van der Waals surface area contributed by atoms with Crippen LogP contribution in [0.25, 0.3) is 11.3 Å². The van der Waals surface area contributed by atoms with Crippen molar-refractivity contribution in [1.82, 2.24) is 10.2 Å². The number of anilines is 1. The van der Waals surface area contributed by atoms with Gasteiger partial charge in [0.1, 0.15) is 0 Å². The third-order valence-corrected chi connectivity index (χ3v) is 2.36.